The minimum absolute atomic E-state index is 0.184. The standard InChI is InChI=1S/C13H11F3N2O2/c1-19-8-5-6-10(9(17)7-8)20-12-4-2-3-11(18-12)13(14,15)16/h2-7H,17H2,1H3. The average Bonchev–Trinajstić information content (AvgIpc) is 2.40. The average molecular weight is 284 g/mol. The fourth-order valence-electron chi connectivity index (χ4n) is 1.49. The van der Waals surface area contributed by atoms with E-state index in [-0.39, 0.29) is 17.3 Å². The summed E-state index contributed by atoms with van der Waals surface area (Å²) in [6.07, 6.45) is -4.52. The molecule has 2 N–H and O–H groups in total. The highest BCUT2D eigenvalue weighted by atomic mass is 19.4. The van der Waals surface area contributed by atoms with Crippen molar-refractivity contribution >= 4 is 5.69 Å². The SMILES string of the molecule is COc1ccc(Oc2cccc(C(F)(F)F)n2)c(N)c1. The van der Waals surface area contributed by atoms with Crippen molar-refractivity contribution in [1.29, 1.82) is 0 Å². The van der Waals surface area contributed by atoms with Gasteiger partial charge in [0.25, 0.3) is 0 Å². The third-order valence-corrected chi connectivity index (χ3v) is 2.45. The summed E-state index contributed by atoms with van der Waals surface area (Å²) in [6.45, 7) is 0. The topological polar surface area (TPSA) is 57.4 Å². The fourth-order valence-corrected chi connectivity index (χ4v) is 1.49. The Bertz CT molecular complexity index is 615. The molecule has 1 aromatic carbocycles. The number of methoxy groups -OCH3 is 1. The minimum Gasteiger partial charge on any atom is -0.497 e. The predicted molar refractivity (Wildman–Crippen MR) is 66.7 cm³/mol. The molecule has 0 unspecified atom stereocenters. The Morgan fingerprint density at radius 2 is 1.90 bits per heavy atom. The number of pyridine rings is 1. The molecule has 0 aliphatic heterocycles. The van der Waals surface area contributed by atoms with Gasteiger partial charge in [-0.15, -0.1) is 0 Å². The van der Waals surface area contributed by atoms with Crippen molar-refractivity contribution in [2.75, 3.05) is 12.8 Å². The summed E-state index contributed by atoms with van der Waals surface area (Å²) >= 11 is 0. The van der Waals surface area contributed by atoms with Crippen LogP contribution < -0.4 is 15.2 Å². The molecule has 0 bridgehead atoms. The molecule has 0 fully saturated rings. The molecule has 0 aliphatic carbocycles. The Balaban J connectivity index is 2.26. The van der Waals surface area contributed by atoms with Crippen LogP contribution in [0.15, 0.2) is 36.4 Å². The lowest BCUT2D eigenvalue weighted by Gasteiger charge is -2.11. The van der Waals surface area contributed by atoms with Gasteiger partial charge in [-0.05, 0) is 18.2 Å². The molecule has 7 heteroatoms. The van der Waals surface area contributed by atoms with E-state index in [0.717, 1.165) is 6.07 Å². The third kappa shape index (κ3) is 3.11. The monoisotopic (exact) mass is 284 g/mol. The van der Waals surface area contributed by atoms with E-state index in [1.165, 1.54) is 31.4 Å². The van der Waals surface area contributed by atoms with Crippen LogP contribution in [0.3, 0.4) is 0 Å². The van der Waals surface area contributed by atoms with E-state index in [4.69, 9.17) is 15.2 Å². The molecule has 1 aromatic heterocycles. The van der Waals surface area contributed by atoms with Crippen molar-refractivity contribution in [1.82, 2.24) is 4.98 Å². The van der Waals surface area contributed by atoms with Crippen molar-refractivity contribution in [3.63, 3.8) is 0 Å². The zero-order valence-corrected chi connectivity index (χ0v) is 10.4. The van der Waals surface area contributed by atoms with E-state index in [2.05, 4.69) is 4.98 Å². The number of anilines is 1. The van der Waals surface area contributed by atoms with Crippen LogP contribution in [0.4, 0.5) is 18.9 Å². The highest BCUT2D eigenvalue weighted by Gasteiger charge is 2.32. The lowest BCUT2D eigenvalue weighted by atomic mass is 10.3. The highest BCUT2D eigenvalue weighted by Crippen LogP contribution is 2.32. The number of nitrogens with two attached hydrogens (primary N) is 1. The molecule has 0 saturated heterocycles. The van der Waals surface area contributed by atoms with E-state index in [0.29, 0.717) is 5.75 Å². The minimum atomic E-state index is -4.52. The highest BCUT2D eigenvalue weighted by molar-refractivity contribution is 5.57. The van der Waals surface area contributed by atoms with Crippen LogP contribution in [-0.4, -0.2) is 12.1 Å². The summed E-state index contributed by atoms with van der Waals surface area (Å²) in [6, 6.07) is 7.98. The number of halogens is 3. The Morgan fingerprint density at radius 1 is 1.15 bits per heavy atom. The first-order chi connectivity index (χ1) is 9.40. The summed E-state index contributed by atoms with van der Waals surface area (Å²) in [4.78, 5) is 3.39. The predicted octanol–water partition coefficient (Wildman–Crippen LogP) is 3.48. The Kier molecular flexibility index (Phi) is 3.69. The Morgan fingerprint density at radius 3 is 2.50 bits per heavy atom. The molecule has 0 saturated carbocycles. The summed E-state index contributed by atoms with van der Waals surface area (Å²) in [5.41, 5.74) is 4.93. The molecule has 0 amide bonds. The van der Waals surface area contributed by atoms with Crippen LogP contribution in [0.5, 0.6) is 17.4 Å². The maximum atomic E-state index is 12.5. The van der Waals surface area contributed by atoms with E-state index in [1.54, 1.807) is 6.07 Å². The third-order valence-electron chi connectivity index (χ3n) is 2.45. The van der Waals surface area contributed by atoms with Crippen LogP contribution in [0.1, 0.15) is 5.69 Å². The Labute approximate surface area is 113 Å². The number of alkyl halides is 3. The number of ether oxygens (including phenoxy) is 2. The fraction of sp³-hybridized carbons (Fsp3) is 0.154. The first-order valence-corrected chi connectivity index (χ1v) is 5.56. The number of hydrogen-bond donors (Lipinski definition) is 1. The van der Waals surface area contributed by atoms with Gasteiger partial charge in [-0.3, -0.25) is 0 Å². The molecule has 0 radical (unpaired) electrons. The molecule has 106 valence electrons. The zero-order chi connectivity index (χ0) is 14.8. The molecule has 0 spiro atoms. The molecule has 2 rings (SSSR count). The zero-order valence-electron chi connectivity index (χ0n) is 10.4. The molecule has 1 heterocycles. The van der Waals surface area contributed by atoms with Gasteiger partial charge in [-0.1, -0.05) is 6.07 Å². The lowest BCUT2D eigenvalue weighted by Crippen LogP contribution is -2.08. The van der Waals surface area contributed by atoms with Gasteiger partial charge in [-0.2, -0.15) is 13.2 Å². The van der Waals surface area contributed by atoms with Crippen molar-refractivity contribution in [3.8, 4) is 17.4 Å². The van der Waals surface area contributed by atoms with Crippen LogP contribution >= 0.6 is 0 Å². The van der Waals surface area contributed by atoms with Gasteiger partial charge in [0.05, 0.1) is 12.8 Å². The summed E-state index contributed by atoms with van der Waals surface area (Å²) in [7, 11) is 1.48. The molecular formula is C13H11F3N2O2. The van der Waals surface area contributed by atoms with Gasteiger partial charge in [0.15, 0.2) is 5.75 Å². The summed E-state index contributed by atoms with van der Waals surface area (Å²) in [5.74, 6) is 0.543. The largest absolute Gasteiger partial charge is 0.497 e. The normalized spacial score (nSPS) is 11.2. The van der Waals surface area contributed by atoms with E-state index in [9.17, 15) is 13.2 Å². The van der Waals surface area contributed by atoms with Gasteiger partial charge in [0.2, 0.25) is 5.88 Å². The smallest absolute Gasteiger partial charge is 0.433 e. The maximum Gasteiger partial charge on any atom is 0.433 e. The summed E-state index contributed by atoms with van der Waals surface area (Å²) in [5, 5.41) is 0. The van der Waals surface area contributed by atoms with Gasteiger partial charge < -0.3 is 15.2 Å². The number of aromatic nitrogens is 1. The number of benzene rings is 1. The lowest BCUT2D eigenvalue weighted by molar-refractivity contribution is -0.141. The van der Waals surface area contributed by atoms with Gasteiger partial charge in [-0.25, -0.2) is 4.98 Å². The van der Waals surface area contributed by atoms with E-state index in [1.807, 2.05) is 0 Å². The Hall–Kier alpha value is -2.44. The molecule has 2 aromatic rings. The van der Waals surface area contributed by atoms with Crippen LogP contribution in [-0.2, 0) is 6.18 Å². The van der Waals surface area contributed by atoms with Crippen LogP contribution in [0, 0.1) is 0 Å². The number of nitrogen functional groups attached to an aromatic ring is 1. The van der Waals surface area contributed by atoms with Crippen LogP contribution in [0.25, 0.3) is 0 Å². The molecule has 0 atom stereocenters. The van der Waals surface area contributed by atoms with Crippen molar-refractivity contribution in [2.24, 2.45) is 0 Å². The maximum absolute atomic E-state index is 12.5. The van der Waals surface area contributed by atoms with Crippen molar-refractivity contribution in [3.05, 3.63) is 42.1 Å². The van der Waals surface area contributed by atoms with E-state index >= 15 is 0 Å². The van der Waals surface area contributed by atoms with Gasteiger partial charge in [0.1, 0.15) is 11.4 Å². The van der Waals surface area contributed by atoms with Crippen molar-refractivity contribution in [2.45, 2.75) is 6.18 Å². The second-order valence-electron chi connectivity index (χ2n) is 3.86. The van der Waals surface area contributed by atoms with Gasteiger partial charge >= 0.3 is 6.18 Å². The first-order valence-electron chi connectivity index (χ1n) is 5.56. The second-order valence-corrected chi connectivity index (χ2v) is 3.86. The molecule has 20 heavy (non-hydrogen) atoms. The molecule has 4 nitrogen and oxygen atoms in total. The number of nitrogens with zero attached hydrogens (tertiary/aromatic N) is 1. The quantitative estimate of drug-likeness (QED) is 0.877. The van der Waals surface area contributed by atoms with Gasteiger partial charge in [0, 0.05) is 12.1 Å². The molecule has 0 aliphatic rings. The number of rotatable bonds is 3. The van der Waals surface area contributed by atoms with E-state index < -0.39 is 11.9 Å². The molecular weight excluding hydrogens is 273 g/mol. The first kappa shape index (κ1) is 14.0. The summed E-state index contributed by atoms with van der Waals surface area (Å²) < 4.78 is 47.8. The van der Waals surface area contributed by atoms with Crippen molar-refractivity contribution < 1.29 is 22.6 Å². The second kappa shape index (κ2) is 5.28. The van der Waals surface area contributed by atoms with Crippen LogP contribution in [0.2, 0.25) is 0 Å². The number of hydrogen-bond acceptors (Lipinski definition) is 4.